The summed E-state index contributed by atoms with van der Waals surface area (Å²) in [5.74, 6) is -1.07. The molecule has 13 heavy (non-hydrogen) atoms. The van der Waals surface area contributed by atoms with Crippen molar-refractivity contribution < 1.29 is 19.2 Å². The Morgan fingerprint density at radius 3 is 2.31 bits per heavy atom. The highest BCUT2D eigenvalue weighted by molar-refractivity contribution is 6.26. The third kappa shape index (κ3) is 7.39. The molecule has 1 N–H and O–H groups in total. The maximum atomic E-state index is 10.8. The molecule has 76 valence electrons. The van der Waals surface area contributed by atoms with Crippen LogP contribution in [0.15, 0.2) is 0 Å². The predicted molar refractivity (Wildman–Crippen MR) is 46.2 cm³/mol. The lowest BCUT2D eigenvalue weighted by Gasteiger charge is -2.18. The molecule has 6 heteroatoms. The predicted octanol–water partition coefficient (Wildman–Crippen LogP) is 1.21. The topological polar surface area (TPSA) is 64.6 Å². The lowest BCUT2D eigenvalue weighted by molar-refractivity contribution is -0.147. The number of rotatable bonds is 1. The Labute approximate surface area is 81.3 Å². The van der Waals surface area contributed by atoms with Crippen LogP contribution < -0.4 is 5.48 Å². The molecule has 0 aromatic carbocycles. The van der Waals surface area contributed by atoms with Gasteiger partial charge in [-0.15, -0.1) is 17.1 Å². The molecule has 0 aromatic rings. The highest BCUT2D eigenvalue weighted by atomic mass is 35.5. The van der Waals surface area contributed by atoms with Crippen molar-refractivity contribution in [3.05, 3.63) is 0 Å². The Kier molecular flexibility index (Phi) is 4.55. The first kappa shape index (κ1) is 12.0. The first-order chi connectivity index (χ1) is 5.85. The first-order valence-electron chi connectivity index (χ1n) is 3.60. The molecule has 0 fully saturated rings. The summed E-state index contributed by atoms with van der Waals surface area (Å²) >= 11 is 5.10. The second-order valence-corrected chi connectivity index (χ2v) is 3.48. The molecular weight excluding hydrogens is 198 g/mol. The fourth-order valence-corrected chi connectivity index (χ4v) is 0.479. The van der Waals surface area contributed by atoms with Crippen molar-refractivity contribution in [1.82, 2.24) is 5.48 Å². The van der Waals surface area contributed by atoms with E-state index >= 15 is 0 Å². The minimum Gasteiger partial charge on any atom is -0.442 e. The van der Waals surface area contributed by atoms with Crippen LogP contribution in [-0.4, -0.2) is 23.5 Å². The van der Waals surface area contributed by atoms with E-state index in [2.05, 4.69) is 4.84 Å². The number of hydrogen-bond donors (Lipinski definition) is 1. The van der Waals surface area contributed by atoms with E-state index in [1.807, 2.05) is 0 Å². The van der Waals surface area contributed by atoms with Gasteiger partial charge in [-0.05, 0) is 20.8 Å². The van der Waals surface area contributed by atoms with Crippen molar-refractivity contribution >= 4 is 23.7 Å². The van der Waals surface area contributed by atoms with E-state index in [0.717, 1.165) is 0 Å². The van der Waals surface area contributed by atoms with E-state index in [1.165, 1.54) is 0 Å². The number of ether oxygens (including phenoxy) is 1. The summed E-state index contributed by atoms with van der Waals surface area (Å²) in [6, 6.07) is 0. The van der Waals surface area contributed by atoms with Gasteiger partial charge in [0.2, 0.25) is 0 Å². The highest BCUT2D eigenvalue weighted by Gasteiger charge is 2.16. The SMILES string of the molecule is CC(C)(C)OC(=O)NOC(=O)CCl. The van der Waals surface area contributed by atoms with Gasteiger partial charge in [0.1, 0.15) is 11.5 Å². The maximum Gasteiger partial charge on any atom is 0.441 e. The average molecular weight is 210 g/mol. The zero-order valence-corrected chi connectivity index (χ0v) is 8.47. The standard InChI is InChI=1S/C7H12ClNO4/c1-7(2,3)12-6(11)9-13-5(10)4-8/h4H2,1-3H3,(H,9,11). The van der Waals surface area contributed by atoms with Gasteiger partial charge in [0.15, 0.2) is 0 Å². The minimum atomic E-state index is -0.828. The van der Waals surface area contributed by atoms with Crippen LogP contribution in [0.25, 0.3) is 0 Å². The fourth-order valence-electron chi connectivity index (χ4n) is 0.425. The van der Waals surface area contributed by atoms with Crippen molar-refractivity contribution in [3.63, 3.8) is 0 Å². The highest BCUT2D eigenvalue weighted by Crippen LogP contribution is 2.06. The van der Waals surface area contributed by atoms with Crippen LogP contribution in [0.1, 0.15) is 20.8 Å². The molecule has 0 aliphatic carbocycles. The monoisotopic (exact) mass is 209 g/mol. The van der Waals surface area contributed by atoms with E-state index in [4.69, 9.17) is 16.3 Å². The number of hydroxylamine groups is 1. The molecule has 1 amide bonds. The van der Waals surface area contributed by atoms with Gasteiger partial charge in [-0.1, -0.05) is 0 Å². The molecular formula is C7H12ClNO4. The molecule has 0 spiro atoms. The summed E-state index contributed by atoms with van der Waals surface area (Å²) in [6.07, 6.45) is -0.828. The van der Waals surface area contributed by atoms with Gasteiger partial charge >= 0.3 is 12.1 Å². The quantitative estimate of drug-likeness (QED) is 0.521. The Bertz CT molecular complexity index is 199. The first-order valence-corrected chi connectivity index (χ1v) is 4.13. The van der Waals surface area contributed by atoms with Crippen LogP contribution in [0.4, 0.5) is 4.79 Å². The summed E-state index contributed by atoms with van der Waals surface area (Å²) in [7, 11) is 0. The third-order valence-electron chi connectivity index (χ3n) is 0.756. The maximum absolute atomic E-state index is 10.8. The summed E-state index contributed by atoms with van der Waals surface area (Å²) in [4.78, 5) is 25.5. The Morgan fingerprint density at radius 1 is 1.38 bits per heavy atom. The van der Waals surface area contributed by atoms with Gasteiger partial charge < -0.3 is 9.57 Å². The molecule has 0 unspecified atom stereocenters. The van der Waals surface area contributed by atoms with E-state index < -0.39 is 17.7 Å². The van der Waals surface area contributed by atoms with Gasteiger partial charge in [0.05, 0.1) is 0 Å². The third-order valence-corrected chi connectivity index (χ3v) is 0.974. The zero-order valence-electron chi connectivity index (χ0n) is 7.72. The molecule has 0 radical (unpaired) electrons. The molecule has 0 heterocycles. The molecule has 0 atom stereocenters. The molecule has 5 nitrogen and oxygen atoms in total. The van der Waals surface area contributed by atoms with Crippen LogP contribution in [0.5, 0.6) is 0 Å². The molecule has 0 rings (SSSR count). The lowest BCUT2D eigenvalue weighted by atomic mass is 10.2. The van der Waals surface area contributed by atoms with Crippen LogP contribution in [0.2, 0.25) is 0 Å². The number of alkyl halides is 1. The normalized spacial score (nSPS) is 10.5. The van der Waals surface area contributed by atoms with Crippen molar-refractivity contribution in [1.29, 1.82) is 0 Å². The summed E-state index contributed by atoms with van der Waals surface area (Å²) < 4.78 is 4.76. The lowest BCUT2D eigenvalue weighted by Crippen LogP contribution is -2.34. The number of amides is 1. The number of halogens is 1. The van der Waals surface area contributed by atoms with E-state index in [0.29, 0.717) is 0 Å². The van der Waals surface area contributed by atoms with Gasteiger partial charge in [0, 0.05) is 0 Å². The second-order valence-electron chi connectivity index (χ2n) is 3.21. The van der Waals surface area contributed by atoms with Gasteiger partial charge in [-0.25, -0.2) is 9.59 Å². The Hall–Kier alpha value is -0.970. The van der Waals surface area contributed by atoms with E-state index in [1.54, 1.807) is 26.3 Å². The van der Waals surface area contributed by atoms with Gasteiger partial charge in [-0.3, -0.25) is 0 Å². The second kappa shape index (κ2) is 4.91. The van der Waals surface area contributed by atoms with Crippen LogP contribution in [0.3, 0.4) is 0 Å². The smallest absolute Gasteiger partial charge is 0.441 e. The molecule has 0 aliphatic heterocycles. The molecule has 0 saturated heterocycles. The van der Waals surface area contributed by atoms with E-state index in [-0.39, 0.29) is 5.88 Å². The van der Waals surface area contributed by atoms with Gasteiger partial charge in [-0.2, -0.15) is 0 Å². The molecule has 0 saturated carbocycles. The summed E-state index contributed by atoms with van der Waals surface area (Å²) in [6.45, 7) is 5.07. The van der Waals surface area contributed by atoms with Crippen molar-refractivity contribution in [2.75, 3.05) is 5.88 Å². The van der Waals surface area contributed by atoms with Crippen LogP contribution in [-0.2, 0) is 14.4 Å². The van der Waals surface area contributed by atoms with Crippen molar-refractivity contribution in [2.45, 2.75) is 26.4 Å². The fraction of sp³-hybridized carbons (Fsp3) is 0.714. The number of nitrogens with one attached hydrogen (secondary N) is 1. The molecule has 0 bridgehead atoms. The van der Waals surface area contributed by atoms with E-state index in [9.17, 15) is 9.59 Å². The van der Waals surface area contributed by atoms with Crippen LogP contribution in [0, 0.1) is 0 Å². The zero-order chi connectivity index (χ0) is 10.5. The molecule has 0 aromatic heterocycles. The van der Waals surface area contributed by atoms with Crippen molar-refractivity contribution in [2.24, 2.45) is 0 Å². The Balaban J connectivity index is 3.71. The number of carbonyl (C=O) groups excluding carboxylic acids is 2. The summed E-state index contributed by atoms with van der Waals surface area (Å²) in [5.41, 5.74) is 1.17. The number of hydrogen-bond acceptors (Lipinski definition) is 4. The average Bonchev–Trinajstić information content (AvgIpc) is 1.97. The van der Waals surface area contributed by atoms with Crippen LogP contribution >= 0.6 is 11.6 Å². The Morgan fingerprint density at radius 2 is 1.92 bits per heavy atom. The summed E-state index contributed by atoms with van der Waals surface area (Å²) in [5, 5.41) is 0. The van der Waals surface area contributed by atoms with Crippen molar-refractivity contribution in [3.8, 4) is 0 Å². The minimum absolute atomic E-state index is 0.324. The van der Waals surface area contributed by atoms with Gasteiger partial charge in [0.25, 0.3) is 0 Å². The largest absolute Gasteiger partial charge is 0.442 e. The molecule has 0 aliphatic rings. The number of carbonyl (C=O) groups is 2.